The van der Waals surface area contributed by atoms with Crippen LogP contribution in [0.25, 0.3) is 0 Å². The molecule has 5 heteroatoms. The Kier molecular flexibility index (Phi) is 4.40. The zero-order valence-electron chi connectivity index (χ0n) is 6.03. The molecule has 0 radical (unpaired) electrons. The summed E-state index contributed by atoms with van der Waals surface area (Å²) in [5, 5.41) is 8.53. The molecule has 0 aromatic heterocycles. The molecule has 66 valence electrons. The van der Waals surface area contributed by atoms with E-state index in [2.05, 4.69) is 0 Å². The molecule has 0 bridgehead atoms. The van der Waals surface area contributed by atoms with Gasteiger partial charge < -0.3 is 15.6 Å². The molecule has 11 heavy (non-hydrogen) atoms. The molecule has 3 N–H and O–H groups in total. The Morgan fingerprint density at radius 1 is 1.73 bits per heavy atom. The highest BCUT2D eigenvalue weighted by atomic mass is 35.5. The summed E-state index contributed by atoms with van der Waals surface area (Å²) in [4.78, 5) is 10.4. The molecule has 1 rings (SSSR count). The second kappa shape index (κ2) is 4.54. The quantitative estimate of drug-likeness (QED) is 0.622. The van der Waals surface area contributed by atoms with Crippen LogP contribution in [0.1, 0.15) is 6.42 Å². The molecule has 1 saturated heterocycles. The van der Waals surface area contributed by atoms with E-state index in [0.717, 1.165) is 6.42 Å². The molecule has 0 spiro atoms. The van der Waals surface area contributed by atoms with Crippen molar-refractivity contribution in [2.24, 2.45) is 11.7 Å². The van der Waals surface area contributed by atoms with E-state index >= 15 is 0 Å². The molecule has 0 aromatic rings. The van der Waals surface area contributed by atoms with Gasteiger partial charge in [0.15, 0.2) is 6.10 Å². The number of carboxylic acids is 1. The largest absolute Gasteiger partial charge is 0.479 e. The Morgan fingerprint density at radius 2 is 2.36 bits per heavy atom. The maximum absolute atomic E-state index is 10.4. The van der Waals surface area contributed by atoms with E-state index < -0.39 is 12.1 Å². The zero-order chi connectivity index (χ0) is 7.56. The summed E-state index contributed by atoms with van der Waals surface area (Å²) < 4.78 is 4.94. The van der Waals surface area contributed by atoms with Crippen LogP contribution < -0.4 is 5.73 Å². The van der Waals surface area contributed by atoms with E-state index in [1.807, 2.05) is 0 Å². The minimum absolute atomic E-state index is 0. The molecule has 1 heterocycles. The van der Waals surface area contributed by atoms with Crippen molar-refractivity contribution in [2.75, 3.05) is 13.2 Å². The van der Waals surface area contributed by atoms with Crippen molar-refractivity contribution in [3.63, 3.8) is 0 Å². The molecule has 2 unspecified atom stereocenters. The van der Waals surface area contributed by atoms with Gasteiger partial charge in [-0.1, -0.05) is 0 Å². The highest BCUT2D eigenvalue weighted by Crippen LogP contribution is 2.19. The third-order valence-electron chi connectivity index (χ3n) is 1.76. The van der Waals surface area contributed by atoms with Crippen molar-refractivity contribution in [3.05, 3.63) is 0 Å². The smallest absolute Gasteiger partial charge is 0.333 e. The number of hydrogen-bond donors (Lipinski definition) is 2. The lowest BCUT2D eigenvalue weighted by Gasteiger charge is -2.10. The third kappa shape index (κ3) is 2.32. The maximum Gasteiger partial charge on any atom is 0.333 e. The van der Waals surface area contributed by atoms with Gasteiger partial charge in [-0.25, -0.2) is 4.79 Å². The number of nitrogens with two attached hydrogens (primary N) is 1. The molecule has 0 saturated carbocycles. The Labute approximate surface area is 71.1 Å². The van der Waals surface area contributed by atoms with Crippen LogP contribution in [0.4, 0.5) is 0 Å². The molecule has 2 atom stereocenters. The summed E-state index contributed by atoms with van der Waals surface area (Å²) in [6.45, 7) is 0.926. The van der Waals surface area contributed by atoms with Crippen molar-refractivity contribution in [2.45, 2.75) is 12.5 Å². The summed E-state index contributed by atoms with van der Waals surface area (Å²) in [5.74, 6) is -0.884. The van der Waals surface area contributed by atoms with Crippen LogP contribution in [0, 0.1) is 5.92 Å². The normalized spacial score (nSPS) is 29.5. The standard InChI is InChI=1S/C6H11NO3.ClH/c7-3-4-1-2-10-5(4)6(8)9;/h4-5H,1-3,7H2,(H,8,9);1H. The third-order valence-corrected chi connectivity index (χ3v) is 1.76. The van der Waals surface area contributed by atoms with Crippen molar-refractivity contribution in [3.8, 4) is 0 Å². The molecule has 0 aliphatic carbocycles. The van der Waals surface area contributed by atoms with Gasteiger partial charge >= 0.3 is 5.97 Å². The first-order chi connectivity index (χ1) is 4.75. The number of ether oxygens (including phenoxy) is 1. The van der Waals surface area contributed by atoms with Gasteiger partial charge in [0.25, 0.3) is 0 Å². The second-order valence-corrected chi connectivity index (χ2v) is 2.41. The van der Waals surface area contributed by atoms with Gasteiger partial charge in [0, 0.05) is 12.5 Å². The van der Waals surface area contributed by atoms with Crippen molar-refractivity contribution < 1.29 is 14.6 Å². The number of carboxylic acid groups (broad SMARTS) is 1. The van der Waals surface area contributed by atoms with E-state index in [1.54, 1.807) is 0 Å². The lowest BCUT2D eigenvalue weighted by molar-refractivity contribution is -0.149. The number of rotatable bonds is 2. The van der Waals surface area contributed by atoms with Gasteiger partial charge in [0.05, 0.1) is 0 Å². The van der Waals surface area contributed by atoms with Crippen LogP contribution in [0.3, 0.4) is 0 Å². The van der Waals surface area contributed by atoms with Gasteiger partial charge in [-0.05, 0) is 13.0 Å². The van der Waals surface area contributed by atoms with Crippen molar-refractivity contribution in [1.29, 1.82) is 0 Å². The first-order valence-electron chi connectivity index (χ1n) is 3.30. The lowest BCUT2D eigenvalue weighted by atomic mass is 10.0. The first kappa shape index (κ1) is 10.7. The average Bonchev–Trinajstić information content (AvgIpc) is 2.33. The highest BCUT2D eigenvalue weighted by Gasteiger charge is 2.32. The first-order valence-corrected chi connectivity index (χ1v) is 3.30. The van der Waals surface area contributed by atoms with Gasteiger partial charge in [-0.15, -0.1) is 12.4 Å². The Balaban J connectivity index is 0.000001000. The molecule has 1 aliphatic heterocycles. The Bertz CT molecular complexity index is 142. The summed E-state index contributed by atoms with van der Waals surface area (Å²) >= 11 is 0. The monoisotopic (exact) mass is 181 g/mol. The molecule has 0 aromatic carbocycles. The maximum atomic E-state index is 10.4. The zero-order valence-corrected chi connectivity index (χ0v) is 6.84. The van der Waals surface area contributed by atoms with Gasteiger partial charge in [-0.3, -0.25) is 0 Å². The van der Waals surface area contributed by atoms with Gasteiger partial charge in [0.1, 0.15) is 0 Å². The molecular weight excluding hydrogens is 170 g/mol. The van der Waals surface area contributed by atoms with Crippen LogP contribution in [0.5, 0.6) is 0 Å². The SMILES string of the molecule is Cl.NCC1CCOC1C(=O)O. The number of hydrogen-bond acceptors (Lipinski definition) is 3. The van der Waals surface area contributed by atoms with Crippen LogP contribution in [0.2, 0.25) is 0 Å². The van der Waals surface area contributed by atoms with Crippen molar-refractivity contribution >= 4 is 18.4 Å². The summed E-state index contributed by atoms with van der Waals surface area (Å²) in [6, 6.07) is 0. The van der Waals surface area contributed by atoms with E-state index in [0.29, 0.717) is 13.2 Å². The number of carbonyl (C=O) groups is 1. The second-order valence-electron chi connectivity index (χ2n) is 2.41. The molecule has 1 aliphatic rings. The fourth-order valence-electron chi connectivity index (χ4n) is 1.15. The highest BCUT2D eigenvalue weighted by molar-refractivity contribution is 5.85. The van der Waals surface area contributed by atoms with Crippen molar-refractivity contribution in [1.82, 2.24) is 0 Å². The minimum atomic E-state index is -0.895. The predicted octanol–water partition coefficient (Wildman–Crippen LogP) is -0.143. The topological polar surface area (TPSA) is 72.5 Å². The fourth-order valence-corrected chi connectivity index (χ4v) is 1.15. The number of aliphatic carboxylic acids is 1. The van der Waals surface area contributed by atoms with E-state index in [9.17, 15) is 4.79 Å². The van der Waals surface area contributed by atoms with Gasteiger partial charge in [-0.2, -0.15) is 0 Å². The summed E-state index contributed by atoms with van der Waals surface area (Å²) in [6.07, 6.45) is 0.109. The Hall–Kier alpha value is -0.320. The fraction of sp³-hybridized carbons (Fsp3) is 0.833. The van der Waals surface area contributed by atoms with Gasteiger partial charge in [0.2, 0.25) is 0 Å². The van der Waals surface area contributed by atoms with E-state index in [4.69, 9.17) is 15.6 Å². The summed E-state index contributed by atoms with van der Waals surface area (Å²) in [7, 11) is 0. The molecule has 4 nitrogen and oxygen atoms in total. The molecular formula is C6H12ClNO3. The minimum Gasteiger partial charge on any atom is -0.479 e. The average molecular weight is 182 g/mol. The number of halogens is 1. The predicted molar refractivity (Wildman–Crippen MR) is 41.8 cm³/mol. The molecule has 0 amide bonds. The van der Waals surface area contributed by atoms with E-state index in [1.165, 1.54) is 0 Å². The van der Waals surface area contributed by atoms with Crippen LogP contribution in [-0.2, 0) is 9.53 Å². The van der Waals surface area contributed by atoms with Crippen LogP contribution >= 0.6 is 12.4 Å². The lowest BCUT2D eigenvalue weighted by Crippen LogP contribution is -2.30. The Morgan fingerprint density at radius 3 is 2.73 bits per heavy atom. The van der Waals surface area contributed by atoms with Crippen LogP contribution in [0.15, 0.2) is 0 Å². The summed E-state index contributed by atoms with van der Waals surface area (Å²) in [5.41, 5.74) is 5.32. The molecule has 1 fully saturated rings. The van der Waals surface area contributed by atoms with Crippen LogP contribution in [-0.4, -0.2) is 30.3 Å². The van der Waals surface area contributed by atoms with E-state index in [-0.39, 0.29) is 18.3 Å².